The second kappa shape index (κ2) is 7.31. The maximum Gasteiger partial charge on any atom is 0.340 e. The lowest BCUT2D eigenvalue weighted by atomic mass is 10.1. The largest absolute Gasteiger partial charge is 0.452 e. The fourth-order valence-electron chi connectivity index (χ4n) is 2.18. The van der Waals surface area contributed by atoms with Gasteiger partial charge in [0.2, 0.25) is 0 Å². The molecule has 3 N–H and O–H groups in total. The fraction of sp³-hybridized carbons (Fsp3) is 0.176. The number of benzene rings is 2. The summed E-state index contributed by atoms with van der Waals surface area (Å²) in [6.07, 6.45) is 0. The van der Waals surface area contributed by atoms with E-state index in [0.717, 1.165) is 23.3 Å². The Morgan fingerprint density at radius 1 is 1.25 bits per heavy atom. The van der Waals surface area contributed by atoms with Gasteiger partial charge < -0.3 is 15.8 Å². The summed E-state index contributed by atoms with van der Waals surface area (Å²) < 4.78 is 17.9. The van der Waals surface area contributed by atoms with E-state index in [9.17, 15) is 14.0 Å². The lowest BCUT2D eigenvalue weighted by Gasteiger charge is -2.12. The van der Waals surface area contributed by atoms with E-state index in [2.05, 4.69) is 5.32 Å². The molecule has 0 bridgehead atoms. The highest BCUT2D eigenvalue weighted by molar-refractivity contribution is 6.34. The minimum absolute atomic E-state index is 0.00579. The molecular formula is C17H16ClFN2O3. The Kier molecular flexibility index (Phi) is 5.41. The fourth-order valence-corrected chi connectivity index (χ4v) is 2.55. The second-order valence-corrected chi connectivity index (χ2v) is 5.70. The van der Waals surface area contributed by atoms with Gasteiger partial charge in [-0.1, -0.05) is 17.7 Å². The van der Waals surface area contributed by atoms with E-state index in [4.69, 9.17) is 22.1 Å². The Labute approximate surface area is 143 Å². The van der Waals surface area contributed by atoms with Crippen LogP contribution < -0.4 is 11.1 Å². The highest BCUT2D eigenvalue weighted by atomic mass is 35.5. The smallest absolute Gasteiger partial charge is 0.340 e. The summed E-state index contributed by atoms with van der Waals surface area (Å²) in [6, 6.07) is 6.88. The third-order valence-corrected chi connectivity index (χ3v) is 3.56. The molecule has 5 nitrogen and oxygen atoms in total. The van der Waals surface area contributed by atoms with Crippen molar-refractivity contribution in [2.24, 2.45) is 0 Å². The van der Waals surface area contributed by atoms with Crippen LogP contribution in [0.25, 0.3) is 0 Å². The van der Waals surface area contributed by atoms with Crippen molar-refractivity contribution >= 4 is 34.9 Å². The number of nitrogens with two attached hydrogens (primary N) is 1. The number of hydrogen-bond donors (Lipinski definition) is 2. The van der Waals surface area contributed by atoms with Gasteiger partial charge in [-0.05, 0) is 49.2 Å². The maximum absolute atomic E-state index is 13.0. The molecule has 0 aliphatic rings. The van der Waals surface area contributed by atoms with Gasteiger partial charge in [-0.15, -0.1) is 0 Å². The van der Waals surface area contributed by atoms with Crippen molar-refractivity contribution in [1.29, 1.82) is 0 Å². The number of halogens is 2. The SMILES string of the molecule is Cc1cc(C)c(NC(=O)COC(=O)c2ccc(F)cc2N)c(Cl)c1. The Morgan fingerprint density at radius 3 is 2.58 bits per heavy atom. The standard InChI is InChI=1S/C17H16ClFN2O3/c1-9-5-10(2)16(13(18)6-9)21-15(22)8-24-17(23)12-4-3-11(19)7-14(12)20/h3-7H,8,20H2,1-2H3,(H,21,22). The van der Waals surface area contributed by atoms with Crippen LogP contribution in [-0.4, -0.2) is 18.5 Å². The van der Waals surface area contributed by atoms with E-state index in [-0.39, 0.29) is 11.3 Å². The van der Waals surface area contributed by atoms with Crippen LogP contribution in [-0.2, 0) is 9.53 Å². The number of hydrogen-bond acceptors (Lipinski definition) is 4. The lowest BCUT2D eigenvalue weighted by Crippen LogP contribution is -2.22. The van der Waals surface area contributed by atoms with Gasteiger partial charge >= 0.3 is 5.97 Å². The summed E-state index contributed by atoms with van der Waals surface area (Å²) in [5.74, 6) is -1.92. The maximum atomic E-state index is 13.0. The first-order chi connectivity index (χ1) is 11.3. The molecule has 0 radical (unpaired) electrons. The number of esters is 1. The van der Waals surface area contributed by atoms with Crippen LogP contribution in [0.5, 0.6) is 0 Å². The van der Waals surface area contributed by atoms with Gasteiger partial charge in [-0.3, -0.25) is 4.79 Å². The third-order valence-electron chi connectivity index (χ3n) is 3.26. The second-order valence-electron chi connectivity index (χ2n) is 5.29. The summed E-state index contributed by atoms with van der Waals surface area (Å²) >= 11 is 6.10. The molecule has 0 unspecified atom stereocenters. The Balaban J connectivity index is 2.00. The van der Waals surface area contributed by atoms with Crippen LogP contribution in [0.1, 0.15) is 21.5 Å². The number of ether oxygens (including phenoxy) is 1. The minimum Gasteiger partial charge on any atom is -0.452 e. The highest BCUT2D eigenvalue weighted by Crippen LogP contribution is 2.27. The molecule has 0 aliphatic heterocycles. The number of aryl methyl sites for hydroxylation is 2. The van der Waals surface area contributed by atoms with Crippen LogP contribution in [0, 0.1) is 19.7 Å². The molecule has 0 saturated carbocycles. The van der Waals surface area contributed by atoms with Crippen LogP contribution >= 0.6 is 11.6 Å². The molecule has 2 rings (SSSR count). The van der Waals surface area contributed by atoms with Gasteiger partial charge in [0.25, 0.3) is 5.91 Å². The number of anilines is 2. The average molecular weight is 351 g/mol. The lowest BCUT2D eigenvalue weighted by molar-refractivity contribution is -0.119. The molecule has 126 valence electrons. The van der Waals surface area contributed by atoms with Gasteiger partial charge in [-0.25, -0.2) is 9.18 Å². The molecule has 2 aromatic rings. The number of carbonyl (C=O) groups excluding carboxylic acids is 2. The van der Waals surface area contributed by atoms with Crippen molar-refractivity contribution in [2.75, 3.05) is 17.7 Å². The Hall–Kier alpha value is -2.60. The summed E-state index contributed by atoms with van der Waals surface area (Å²) in [6.45, 7) is 3.18. The quantitative estimate of drug-likeness (QED) is 0.653. The zero-order valence-corrected chi connectivity index (χ0v) is 13.9. The highest BCUT2D eigenvalue weighted by Gasteiger charge is 2.15. The van der Waals surface area contributed by atoms with Crippen molar-refractivity contribution in [3.8, 4) is 0 Å². The Morgan fingerprint density at radius 2 is 1.96 bits per heavy atom. The van der Waals surface area contributed by atoms with Gasteiger partial charge in [0.1, 0.15) is 5.82 Å². The molecule has 0 atom stereocenters. The number of nitrogens with one attached hydrogen (secondary N) is 1. The summed E-state index contributed by atoms with van der Waals surface area (Å²) in [5.41, 5.74) is 7.71. The van der Waals surface area contributed by atoms with E-state index in [0.29, 0.717) is 10.7 Å². The van der Waals surface area contributed by atoms with E-state index < -0.39 is 24.3 Å². The molecule has 0 heterocycles. The van der Waals surface area contributed by atoms with Crippen LogP contribution in [0.4, 0.5) is 15.8 Å². The molecule has 0 fully saturated rings. The minimum atomic E-state index is -0.811. The zero-order valence-electron chi connectivity index (χ0n) is 13.2. The summed E-state index contributed by atoms with van der Waals surface area (Å²) in [7, 11) is 0. The van der Waals surface area contributed by atoms with E-state index >= 15 is 0 Å². The van der Waals surface area contributed by atoms with Crippen LogP contribution in [0.2, 0.25) is 5.02 Å². The average Bonchev–Trinajstić information content (AvgIpc) is 2.48. The number of nitrogen functional groups attached to an aromatic ring is 1. The van der Waals surface area contributed by atoms with Crippen LogP contribution in [0.15, 0.2) is 30.3 Å². The van der Waals surface area contributed by atoms with Gasteiger partial charge in [0, 0.05) is 5.69 Å². The van der Waals surface area contributed by atoms with Crippen molar-refractivity contribution in [1.82, 2.24) is 0 Å². The van der Waals surface area contributed by atoms with Gasteiger partial charge in [0.15, 0.2) is 6.61 Å². The van der Waals surface area contributed by atoms with Crippen LogP contribution in [0.3, 0.4) is 0 Å². The topological polar surface area (TPSA) is 81.4 Å². The molecule has 2 aromatic carbocycles. The monoisotopic (exact) mass is 350 g/mol. The van der Waals surface area contributed by atoms with Crippen molar-refractivity contribution in [3.05, 3.63) is 57.9 Å². The Bertz CT molecular complexity index is 785. The molecule has 0 aliphatic carbocycles. The number of amides is 1. The molecular weight excluding hydrogens is 335 g/mol. The first-order valence-electron chi connectivity index (χ1n) is 7.06. The number of carbonyl (C=O) groups is 2. The van der Waals surface area contributed by atoms with E-state index in [1.54, 1.807) is 13.0 Å². The molecule has 0 saturated heterocycles. The molecule has 7 heteroatoms. The third kappa shape index (κ3) is 4.23. The van der Waals surface area contributed by atoms with E-state index in [1.165, 1.54) is 6.07 Å². The predicted octanol–water partition coefficient (Wildman–Crippen LogP) is 3.47. The molecule has 0 spiro atoms. The van der Waals surface area contributed by atoms with E-state index in [1.807, 2.05) is 13.0 Å². The molecule has 0 aromatic heterocycles. The molecule has 24 heavy (non-hydrogen) atoms. The van der Waals surface area contributed by atoms with Gasteiger partial charge in [-0.2, -0.15) is 0 Å². The first-order valence-corrected chi connectivity index (χ1v) is 7.44. The summed E-state index contributed by atoms with van der Waals surface area (Å²) in [5, 5.41) is 3.00. The van der Waals surface area contributed by atoms with Crippen molar-refractivity contribution in [3.63, 3.8) is 0 Å². The normalized spacial score (nSPS) is 10.3. The summed E-state index contributed by atoms with van der Waals surface area (Å²) in [4.78, 5) is 23.8. The van der Waals surface area contributed by atoms with Crippen molar-refractivity contribution < 1.29 is 18.7 Å². The first kappa shape index (κ1) is 17.7. The zero-order chi connectivity index (χ0) is 17.9. The molecule has 1 amide bonds. The van der Waals surface area contributed by atoms with Gasteiger partial charge in [0.05, 0.1) is 16.3 Å². The van der Waals surface area contributed by atoms with Crippen molar-refractivity contribution in [2.45, 2.75) is 13.8 Å². The number of rotatable bonds is 4. The predicted molar refractivity (Wildman–Crippen MR) is 90.7 cm³/mol.